The van der Waals surface area contributed by atoms with Gasteiger partial charge in [-0.15, -0.1) is 5.10 Å². The van der Waals surface area contributed by atoms with Crippen molar-refractivity contribution in [2.75, 3.05) is 13.1 Å². The number of nitrogens with zero attached hydrogens (tertiary/aromatic N) is 5. The van der Waals surface area contributed by atoms with Crippen LogP contribution in [0, 0.1) is 12.8 Å². The average Bonchev–Trinajstić information content (AvgIpc) is 3.08. The number of hydrogen-bond donors (Lipinski definition) is 1. The van der Waals surface area contributed by atoms with Gasteiger partial charge in [-0.1, -0.05) is 17.3 Å². The second-order valence-corrected chi connectivity index (χ2v) is 6.74. The molecule has 1 saturated heterocycles. The highest BCUT2D eigenvalue weighted by Gasteiger charge is 2.31. The number of hydrogen-bond acceptors (Lipinski definition) is 5. The van der Waals surface area contributed by atoms with E-state index in [0.717, 1.165) is 16.5 Å². The normalized spacial score (nSPS) is 17.2. The van der Waals surface area contributed by atoms with E-state index in [2.05, 4.69) is 15.3 Å². The van der Waals surface area contributed by atoms with Crippen molar-refractivity contribution in [2.45, 2.75) is 19.8 Å². The molecule has 8 nitrogen and oxygen atoms in total. The van der Waals surface area contributed by atoms with Gasteiger partial charge in [-0.3, -0.25) is 14.6 Å². The zero-order valence-electron chi connectivity index (χ0n) is 14.9. The van der Waals surface area contributed by atoms with Gasteiger partial charge in [-0.2, -0.15) is 0 Å². The molecule has 1 fully saturated rings. The number of carboxylic acids is 1. The zero-order valence-corrected chi connectivity index (χ0v) is 14.9. The Labute approximate surface area is 155 Å². The average molecular weight is 365 g/mol. The number of amides is 1. The van der Waals surface area contributed by atoms with Gasteiger partial charge in [0.15, 0.2) is 5.69 Å². The van der Waals surface area contributed by atoms with Crippen LogP contribution in [0.4, 0.5) is 0 Å². The summed E-state index contributed by atoms with van der Waals surface area (Å²) in [7, 11) is 0. The summed E-state index contributed by atoms with van der Waals surface area (Å²) in [5.41, 5.74) is 1.70. The van der Waals surface area contributed by atoms with Crippen molar-refractivity contribution in [2.24, 2.45) is 5.92 Å². The SMILES string of the molecule is Cc1c(C(=O)N2CCCC(C(=O)O)C2)nnn1-c1cccc2cnccc12. The van der Waals surface area contributed by atoms with Gasteiger partial charge in [0.05, 0.1) is 17.3 Å². The molecule has 27 heavy (non-hydrogen) atoms. The molecule has 0 saturated carbocycles. The zero-order chi connectivity index (χ0) is 19.0. The Morgan fingerprint density at radius 1 is 1.26 bits per heavy atom. The number of likely N-dealkylation sites (tertiary alicyclic amines) is 1. The highest BCUT2D eigenvalue weighted by atomic mass is 16.4. The maximum Gasteiger partial charge on any atom is 0.308 e. The Balaban J connectivity index is 1.68. The Morgan fingerprint density at radius 3 is 2.93 bits per heavy atom. The first-order chi connectivity index (χ1) is 13.1. The minimum Gasteiger partial charge on any atom is -0.481 e. The van der Waals surface area contributed by atoms with Gasteiger partial charge in [-0.05, 0) is 31.9 Å². The number of piperidine rings is 1. The summed E-state index contributed by atoms with van der Waals surface area (Å²) >= 11 is 0. The summed E-state index contributed by atoms with van der Waals surface area (Å²) < 4.78 is 1.65. The molecule has 1 amide bonds. The van der Waals surface area contributed by atoms with Crippen molar-refractivity contribution < 1.29 is 14.7 Å². The quantitative estimate of drug-likeness (QED) is 0.762. The van der Waals surface area contributed by atoms with Gasteiger partial charge in [0, 0.05) is 36.3 Å². The molecule has 0 spiro atoms. The van der Waals surface area contributed by atoms with E-state index < -0.39 is 11.9 Å². The maximum absolute atomic E-state index is 12.9. The van der Waals surface area contributed by atoms with E-state index in [-0.39, 0.29) is 18.1 Å². The number of benzene rings is 1. The summed E-state index contributed by atoms with van der Waals surface area (Å²) in [5, 5.41) is 19.5. The van der Waals surface area contributed by atoms with Crippen LogP contribution in [0.15, 0.2) is 36.7 Å². The third-order valence-electron chi connectivity index (χ3n) is 5.04. The van der Waals surface area contributed by atoms with Crippen LogP contribution in [0.1, 0.15) is 29.0 Å². The first-order valence-corrected chi connectivity index (χ1v) is 8.84. The van der Waals surface area contributed by atoms with Crippen molar-refractivity contribution >= 4 is 22.6 Å². The first kappa shape index (κ1) is 17.1. The Bertz CT molecular complexity index is 1020. The van der Waals surface area contributed by atoms with Crippen molar-refractivity contribution in [3.05, 3.63) is 48.0 Å². The minimum atomic E-state index is -0.864. The van der Waals surface area contributed by atoms with Crippen LogP contribution in [0.5, 0.6) is 0 Å². The highest BCUT2D eigenvalue weighted by Crippen LogP contribution is 2.24. The fraction of sp³-hybridized carbons (Fsp3) is 0.316. The minimum absolute atomic E-state index is 0.209. The van der Waals surface area contributed by atoms with Crippen molar-refractivity contribution in [3.8, 4) is 5.69 Å². The molecule has 1 aromatic carbocycles. The van der Waals surface area contributed by atoms with Crippen LogP contribution >= 0.6 is 0 Å². The molecule has 4 rings (SSSR count). The van der Waals surface area contributed by atoms with Crippen LogP contribution in [-0.2, 0) is 4.79 Å². The Hall–Kier alpha value is -3.29. The second kappa shape index (κ2) is 6.79. The smallest absolute Gasteiger partial charge is 0.308 e. The number of aliphatic carboxylic acids is 1. The number of carboxylic acid groups (broad SMARTS) is 1. The predicted molar refractivity (Wildman–Crippen MR) is 97.7 cm³/mol. The number of pyridine rings is 1. The second-order valence-electron chi connectivity index (χ2n) is 6.74. The monoisotopic (exact) mass is 365 g/mol. The van der Waals surface area contributed by atoms with Gasteiger partial charge in [0.25, 0.3) is 5.91 Å². The van der Waals surface area contributed by atoms with Gasteiger partial charge < -0.3 is 10.0 Å². The van der Waals surface area contributed by atoms with Crippen LogP contribution < -0.4 is 0 Å². The summed E-state index contributed by atoms with van der Waals surface area (Å²) in [4.78, 5) is 29.9. The number of fused-ring (bicyclic) bond motifs is 1. The molecule has 138 valence electrons. The fourth-order valence-corrected chi connectivity index (χ4v) is 3.56. The number of carbonyl (C=O) groups is 2. The number of rotatable bonds is 3. The van der Waals surface area contributed by atoms with Crippen molar-refractivity contribution in [1.29, 1.82) is 0 Å². The Kier molecular flexibility index (Phi) is 4.31. The first-order valence-electron chi connectivity index (χ1n) is 8.84. The third kappa shape index (κ3) is 3.03. The van der Waals surface area contributed by atoms with E-state index >= 15 is 0 Å². The molecule has 0 bridgehead atoms. The summed E-state index contributed by atoms with van der Waals surface area (Å²) in [5.74, 6) is -1.66. The molecule has 3 aromatic rings. The highest BCUT2D eigenvalue weighted by molar-refractivity contribution is 5.94. The Morgan fingerprint density at radius 2 is 2.11 bits per heavy atom. The molecule has 0 aliphatic carbocycles. The number of carbonyl (C=O) groups excluding carboxylic acids is 1. The standard InChI is InChI=1S/C19H19N5O3/c1-12-17(18(25)23-9-3-5-14(11-23)19(26)27)21-22-24(12)16-6-2-4-13-10-20-8-7-15(13)16/h2,4,6-8,10,14H,3,5,9,11H2,1H3,(H,26,27). The molecule has 1 atom stereocenters. The lowest BCUT2D eigenvalue weighted by Gasteiger charge is -2.30. The predicted octanol–water partition coefficient (Wildman–Crippen LogP) is 2.06. The molecular formula is C19H19N5O3. The van der Waals surface area contributed by atoms with Crippen molar-refractivity contribution in [1.82, 2.24) is 24.9 Å². The van der Waals surface area contributed by atoms with Crippen LogP contribution in [0.2, 0.25) is 0 Å². The van der Waals surface area contributed by atoms with E-state index in [1.165, 1.54) is 0 Å². The van der Waals surface area contributed by atoms with Gasteiger partial charge in [0.2, 0.25) is 0 Å². The van der Waals surface area contributed by atoms with E-state index in [4.69, 9.17) is 0 Å². The molecule has 8 heteroatoms. The van der Waals surface area contributed by atoms with Gasteiger partial charge >= 0.3 is 5.97 Å². The summed E-state index contributed by atoms with van der Waals surface area (Å²) in [6.07, 6.45) is 4.75. The lowest BCUT2D eigenvalue weighted by atomic mass is 9.98. The lowest BCUT2D eigenvalue weighted by molar-refractivity contribution is -0.143. The van der Waals surface area contributed by atoms with E-state index in [1.54, 1.807) is 28.9 Å². The van der Waals surface area contributed by atoms with E-state index in [1.807, 2.05) is 24.3 Å². The van der Waals surface area contributed by atoms with Gasteiger partial charge in [-0.25, -0.2) is 4.68 Å². The third-order valence-corrected chi connectivity index (χ3v) is 5.04. The fourth-order valence-electron chi connectivity index (χ4n) is 3.56. The largest absolute Gasteiger partial charge is 0.481 e. The summed E-state index contributed by atoms with van der Waals surface area (Å²) in [6.45, 7) is 2.54. The molecule has 2 aromatic heterocycles. The maximum atomic E-state index is 12.9. The van der Waals surface area contributed by atoms with Gasteiger partial charge in [0.1, 0.15) is 0 Å². The van der Waals surface area contributed by atoms with E-state index in [0.29, 0.717) is 25.1 Å². The van der Waals surface area contributed by atoms with E-state index in [9.17, 15) is 14.7 Å². The topological polar surface area (TPSA) is 101 Å². The number of aromatic nitrogens is 4. The molecular weight excluding hydrogens is 346 g/mol. The van der Waals surface area contributed by atoms with Crippen molar-refractivity contribution in [3.63, 3.8) is 0 Å². The molecule has 1 N–H and O–H groups in total. The van der Waals surface area contributed by atoms with Crippen LogP contribution in [-0.4, -0.2) is 55.0 Å². The van der Waals surface area contributed by atoms with Crippen LogP contribution in [0.3, 0.4) is 0 Å². The van der Waals surface area contributed by atoms with Crippen LogP contribution in [0.25, 0.3) is 16.5 Å². The lowest BCUT2D eigenvalue weighted by Crippen LogP contribution is -2.42. The molecule has 3 heterocycles. The molecule has 1 aliphatic rings. The molecule has 1 aliphatic heterocycles. The molecule has 0 radical (unpaired) electrons. The summed E-state index contributed by atoms with van der Waals surface area (Å²) in [6, 6.07) is 7.68. The molecule has 1 unspecified atom stereocenters.